The van der Waals surface area contributed by atoms with Crippen LogP contribution in [0.1, 0.15) is 0 Å². The van der Waals surface area contributed by atoms with E-state index in [1.807, 2.05) is 0 Å². The highest BCUT2D eigenvalue weighted by molar-refractivity contribution is 7.00. The summed E-state index contributed by atoms with van der Waals surface area (Å²) in [6.45, 7) is 0. The molecule has 0 saturated carbocycles. The molecule has 0 aliphatic rings. The Morgan fingerprint density at radius 3 is 1.80 bits per heavy atom. The van der Waals surface area contributed by atoms with Crippen LogP contribution in [0.2, 0.25) is 0 Å². The molecule has 0 aromatic rings. The molecule has 0 aromatic heterocycles. The van der Waals surface area contributed by atoms with Crippen molar-refractivity contribution in [2.24, 2.45) is 0 Å². The molecule has 0 radical (unpaired) electrons. The van der Waals surface area contributed by atoms with Crippen LogP contribution in [0, 0.1) is 11.5 Å². The summed E-state index contributed by atoms with van der Waals surface area (Å²) in [5, 5.41) is 13.8. The first-order valence-corrected chi connectivity index (χ1v) is 1.15. The third kappa shape index (κ3) is 17.6. The number of hydrogen-bond acceptors (Lipinski definition) is 3. The minimum atomic E-state index is 0.750. The number of hydrogen-bond donors (Lipinski definition) is 1. The van der Waals surface area contributed by atoms with Crippen molar-refractivity contribution in [1.29, 1.82) is 5.26 Å². The molecule has 1 atom stereocenters. The molecule has 0 bridgehead atoms. The zero-order valence-electron chi connectivity index (χ0n) is 2.38. The normalized spacial score (nSPS) is 2.20. The van der Waals surface area contributed by atoms with E-state index in [0.29, 0.717) is 0 Å². The van der Waals surface area contributed by atoms with Crippen molar-refractivity contribution in [2.45, 2.75) is 0 Å². The van der Waals surface area contributed by atoms with Gasteiger partial charge in [0.15, 0.2) is 0 Å². The summed E-state index contributed by atoms with van der Waals surface area (Å²) in [5.74, 6) is 0. The summed E-state index contributed by atoms with van der Waals surface area (Å²) < 4.78 is 8.17. The lowest BCUT2D eigenvalue weighted by Gasteiger charge is -1.25. The maximum Gasteiger partial charge on any atom is 0.310 e. The molecular weight excluding hydrogens is 89.0 g/mol. The Labute approximate surface area is 31.5 Å². The molecule has 1 unspecified atom stereocenters. The highest BCUT2D eigenvalue weighted by atomic mass is 31.0. The molecule has 0 spiro atoms. The molecule has 1 N–H and O–H groups in total. The van der Waals surface area contributed by atoms with Crippen LogP contribution in [0.3, 0.4) is 0 Å². The maximum absolute atomic E-state index is 8.17. The number of rotatable bonds is 0. The molecule has 3 nitrogen and oxygen atoms in total. The predicted molar refractivity (Wildman–Crippen MR) is 17.9 cm³/mol. The average Bonchev–Trinajstić information content (AvgIpc) is 1.46. The zero-order valence-corrected chi connectivity index (χ0v) is 3.53. The van der Waals surface area contributed by atoms with E-state index in [0.717, 1.165) is 6.26 Å². The van der Waals surface area contributed by atoms with Gasteiger partial charge in [0.1, 0.15) is 0 Å². The molecule has 5 heavy (non-hydrogen) atoms. The zero-order chi connectivity index (χ0) is 4.71. The molecule has 4 heteroatoms. The van der Waals surface area contributed by atoms with Crippen LogP contribution in [0.25, 0.3) is 0 Å². The molecule has 0 aliphatic heterocycles. The van der Waals surface area contributed by atoms with Gasteiger partial charge in [-0.3, -0.25) is 0 Å². The van der Waals surface area contributed by atoms with Crippen LogP contribution < -0.4 is 0 Å². The topological polar surface area (TPSA) is 61.1 Å². The first-order chi connectivity index (χ1) is 2.41. The fraction of sp³-hybridized carbons (Fsp3) is 0. The van der Waals surface area contributed by atoms with Crippen LogP contribution in [0.15, 0.2) is 0 Å². The Morgan fingerprint density at radius 2 is 1.80 bits per heavy atom. The fourth-order valence-electron chi connectivity index (χ4n) is 0. The first-order valence-electron chi connectivity index (χ1n) is 0.683. The number of aliphatic hydroxyl groups excluding tert-OH is 1. The summed E-state index contributed by atoms with van der Waals surface area (Å²) in [6.07, 6.45) is 0.750. The minimum absolute atomic E-state index is 0.750. The quantitative estimate of drug-likeness (QED) is 0.339. The van der Waals surface area contributed by atoms with Gasteiger partial charge in [-0.25, -0.2) is 0 Å². The van der Waals surface area contributed by atoms with Crippen molar-refractivity contribution in [3.63, 3.8) is 0 Å². The predicted octanol–water partition coefficient (Wildman–Crippen LogP) is 0.0470. The highest BCUT2D eigenvalue weighted by Gasteiger charge is 1.16. The van der Waals surface area contributed by atoms with Gasteiger partial charge in [-0.05, 0) is 0 Å². The summed E-state index contributed by atoms with van der Waals surface area (Å²) >= 11 is 0. The molecule has 0 aromatic carbocycles. The van der Waals surface area contributed by atoms with Crippen molar-refractivity contribution >= 4 is 9.12 Å². The Balaban J connectivity index is 0. The van der Waals surface area contributed by atoms with Crippen LogP contribution in [-0.4, -0.2) is 5.11 Å². The van der Waals surface area contributed by atoms with E-state index in [1.54, 1.807) is 0 Å². The second-order valence-corrected chi connectivity index (χ2v) is 0.100. The molecule has 0 heterocycles. The van der Waals surface area contributed by atoms with Crippen LogP contribution >= 0.6 is 9.12 Å². The average molecular weight is 92.0 g/mol. The van der Waals surface area contributed by atoms with Crippen LogP contribution in [0.5, 0.6) is 0 Å². The van der Waals surface area contributed by atoms with Gasteiger partial charge in [0.25, 0.3) is 6.26 Å². The van der Waals surface area contributed by atoms with E-state index in [2.05, 4.69) is 0 Å². The summed E-state index contributed by atoms with van der Waals surface area (Å²) in [6, 6.07) is 0. The lowest BCUT2D eigenvalue weighted by Crippen LogP contribution is -1.27. The van der Waals surface area contributed by atoms with E-state index >= 15 is 0 Å². The van der Waals surface area contributed by atoms with Crippen LogP contribution in [0.4, 0.5) is 0 Å². The van der Waals surface area contributed by atoms with Gasteiger partial charge in [-0.2, -0.15) is 5.26 Å². The van der Waals surface area contributed by atoms with Gasteiger partial charge in [0.05, 0.1) is 0 Å². The largest absolute Gasteiger partial charge is 0.443 e. The summed E-state index contributed by atoms with van der Waals surface area (Å²) in [7, 11) is 1.17. The van der Waals surface area contributed by atoms with Crippen molar-refractivity contribution in [1.82, 2.24) is 0 Å². The number of aliphatic hydroxyl groups is 1. The van der Waals surface area contributed by atoms with Crippen molar-refractivity contribution in [2.75, 3.05) is 0 Å². The summed E-state index contributed by atoms with van der Waals surface area (Å²) in [4.78, 5) is 0. The third-order valence-corrected chi connectivity index (χ3v) is 0. The summed E-state index contributed by atoms with van der Waals surface area (Å²) in [5.41, 5.74) is 0. The lowest BCUT2D eigenvalue weighted by atomic mass is 11.6. The van der Waals surface area contributed by atoms with Crippen LogP contribution in [-0.2, 0) is 4.57 Å². The molecular formula is CH3NO2P+. The van der Waals surface area contributed by atoms with Gasteiger partial charge >= 0.3 is 9.12 Å². The SMILES string of the molecule is N#CO.O=[PH2+]. The Bertz CT molecular complexity index is 39.4. The van der Waals surface area contributed by atoms with Gasteiger partial charge in [0, 0.05) is 0 Å². The highest BCUT2D eigenvalue weighted by Crippen LogP contribution is 1.23. The molecule has 0 fully saturated rings. The molecule has 0 aliphatic carbocycles. The third-order valence-electron chi connectivity index (χ3n) is 0. The van der Waals surface area contributed by atoms with Crippen molar-refractivity contribution < 1.29 is 9.67 Å². The van der Waals surface area contributed by atoms with E-state index in [1.165, 1.54) is 9.12 Å². The van der Waals surface area contributed by atoms with Crippen molar-refractivity contribution in [3.05, 3.63) is 0 Å². The van der Waals surface area contributed by atoms with Gasteiger partial charge in [0.2, 0.25) is 0 Å². The van der Waals surface area contributed by atoms with E-state index in [-0.39, 0.29) is 0 Å². The molecule has 0 saturated heterocycles. The Morgan fingerprint density at radius 1 is 1.80 bits per heavy atom. The smallest absolute Gasteiger partial charge is 0.310 e. The molecule has 0 amide bonds. The van der Waals surface area contributed by atoms with Gasteiger partial charge in [-0.1, -0.05) is 4.57 Å². The fourth-order valence-corrected chi connectivity index (χ4v) is 0. The lowest BCUT2D eigenvalue weighted by molar-refractivity contribution is 0.503. The minimum Gasteiger partial charge on any atom is -0.443 e. The van der Waals surface area contributed by atoms with Gasteiger partial charge < -0.3 is 5.11 Å². The second kappa shape index (κ2) is 127. The molecule has 0 rings (SSSR count). The van der Waals surface area contributed by atoms with E-state index in [4.69, 9.17) is 14.9 Å². The van der Waals surface area contributed by atoms with E-state index in [9.17, 15) is 0 Å². The number of nitriles is 1. The monoisotopic (exact) mass is 92.0 g/mol. The number of nitrogens with zero attached hydrogens (tertiary/aromatic N) is 1. The Kier molecular flexibility index (Phi) is 225. The standard InChI is InChI=1S/CHNO.H2OP/c2-1-3;1-2/h3H;2H2/q;+1. The molecule has 28 valence electrons. The first kappa shape index (κ1) is 8.83. The second-order valence-electron chi connectivity index (χ2n) is 0.100. The van der Waals surface area contributed by atoms with Crippen molar-refractivity contribution in [3.8, 4) is 6.26 Å². The van der Waals surface area contributed by atoms with Gasteiger partial charge in [-0.15, -0.1) is 0 Å². The Hall–Kier alpha value is -0.610. The van der Waals surface area contributed by atoms with E-state index < -0.39 is 0 Å². The maximum atomic E-state index is 8.17.